The van der Waals surface area contributed by atoms with Crippen molar-refractivity contribution in [2.45, 2.75) is 4.90 Å². The first-order valence-electron chi connectivity index (χ1n) is 9.37. The number of aromatic nitrogens is 1. The Bertz CT molecular complexity index is 1350. The molecule has 0 aliphatic carbocycles. The monoisotopic (exact) mass is 427 g/mol. The van der Waals surface area contributed by atoms with Crippen molar-refractivity contribution >= 4 is 15.7 Å². The Morgan fingerprint density at radius 2 is 1.55 bits per heavy atom. The zero-order chi connectivity index (χ0) is 21.7. The van der Waals surface area contributed by atoms with Crippen LogP contribution in [0.15, 0.2) is 102 Å². The smallest absolute Gasteiger partial charge is 0.262 e. The lowest BCUT2D eigenvalue weighted by Crippen LogP contribution is -2.14. The molecule has 0 aliphatic rings. The summed E-state index contributed by atoms with van der Waals surface area (Å²) in [6, 6.07) is 27.9. The van der Waals surface area contributed by atoms with Crippen LogP contribution in [-0.4, -0.2) is 13.4 Å². The Morgan fingerprint density at radius 1 is 0.839 bits per heavy atom. The van der Waals surface area contributed by atoms with E-state index in [2.05, 4.69) is 9.71 Å². The summed E-state index contributed by atoms with van der Waals surface area (Å²) >= 11 is 0. The Morgan fingerprint density at radius 3 is 2.29 bits per heavy atom. The first-order valence-corrected chi connectivity index (χ1v) is 10.9. The lowest BCUT2D eigenvalue weighted by molar-refractivity contribution is 0.461. The van der Waals surface area contributed by atoms with E-state index in [1.807, 2.05) is 36.4 Å². The fourth-order valence-electron chi connectivity index (χ4n) is 3.03. The van der Waals surface area contributed by atoms with Gasteiger partial charge in [-0.2, -0.15) is 5.26 Å². The Kier molecular flexibility index (Phi) is 5.65. The van der Waals surface area contributed by atoms with Gasteiger partial charge in [0, 0.05) is 17.4 Å². The highest BCUT2D eigenvalue weighted by molar-refractivity contribution is 7.92. The largest absolute Gasteiger partial charge is 0.438 e. The number of pyridine rings is 1. The van der Waals surface area contributed by atoms with Crippen LogP contribution in [0.3, 0.4) is 0 Å². The van der Waals surface area contributed by atoms with Crippen LogP contribution in [0.2, 0.25) is 0 Å². The minimum Gasteiger partial charge on any atom is -0.438 e. The highest BCUT2D eigenvalue weighted by Crippen LogP contribution is 2.29. The molecule has 0 radical (unpaired) electrons. The lowest BCUT2D eigenvalue weighted by Gasteiger charge is -2.13. The summed E-state index contributed by atoms with van der Waals surface area (Å²) in [4.78, 5) is 4.24. The van der Waals surface area contributed by atoms with Crippen molar-refractivity contribution in [3.8, 4) is 28.8 Å². The topological polar surface area (TPSA) is 92.1 Å². The average Bonchev–Trinajstić information content (AvgIpc) is 2.81. The van der Waals surface area contributed by atoms with Gasteiger partial charge in [0.1, 0.15) is 17.4 Å². The molecule has 1 N–H and O–H groups in total. The molecule has 0 fully saturated rings. The van der Waals surface area contributed by atoms with Crippen molar-refractivity contribution < 1.29 is 13.2 Å². The fraction of sp³-hybridized carbons (Fsp3) is 0. The molecule has 0 unspecified atom stereocenters. The maximum Gasteiger partial charge on any atom is 0.262 e. The summed E-state index contributed by atoms with van der Waals surface area (Å²) in [6.07, 6.45) is 1.53. The summed E-state index contributed by atoms with van der Waals surface area (Å²) < 4.78 is 34.4. The molecule has 31 heavy (non-hydrogen) atoms. The van der Waals surface area contributed by atoms with Gasteiger partial charge in [-0.15, -0.1) is 0 Å². The Balaban J connectivity index is 1.57. The van der Waals surface area contributed by atoms with Gasteiger partial charge in [0.25, 0.3) is 10.0 Å². The zero-order valence-corrected chi connectivity index (χ0v) is 17.1. The molecule has 0 atom stereocenters. The molecule has 4 aromatic rings. The highest BCUT2D eigenvalue weighted by atomic mass is 32.2. The van der Waals surface area contributed by atoms with Crippen molar-refractivity contribution in [3.63, 3.8) is 0 Å². The maximum atomic E-state index is 13.1. The van der Waals surface area contributed by atoms with Gasteiger partial charge in [-0.3, -0.25) is 4.72 Å². The summed E-state index contributed by atoms with van der Waals surface area (Å²) in [5.41, 5.74) is 2.13. The third kappa shape index (κ3) is 4.55. The van der Waals surface area contributed by atoms with E-state index in [0.717, 1.165) is 5.56 Å². The van der Waals surface area contributed by atoms with Gasteiger partial charge in [-0.25, -0.2) is 13.4 Å². The number of hydrogen-bond acceptors (Lipinski definition) is 5. The molecule has 1 heterocycles. The summed E-state index contributed by atoms with van der Waals surface area (Å²) in [5, 5.41) is 9.13. The van der Waals surface area contributed by atoms with E-state index >= 15 is 0 Å². The van der Waals surface area contributed by atoms with E-state index in [4.69, 9.17) is 10.00 Å². The molecule has 4 rings (SSSR count). The molecule has 0 bridgehead atoms. The molecule has 1 aromatic heterocycles. The normalized spacial score (nSPS) is 10.8. The summed E-state index contributed by atoms with van der Waals surface area (Å²) in [7, 11) is -3.82. The number of rotatable bonds is 6. The second kappa shape index (κ2) is 8.69. The molecular formula is C24H17N3O3S. The van der Waals surface area contributed by atoms with Crippen LogP contribution in [0.1, 0.15) is 5.56 Å². The van der Waals surface area contributed by atoms with Crippen LogP contribution in [0.25, 0.3) is 11.1 Å². The number of nitrogens with one attached hydrogen (secondary N) is 1. The molecule has 0 aliphatic heterocycles. The molecule has 0 amide bonds. The quantitative estimate of drug-likeness (QED) is 0.456. The maximum absolute atomic E-state index is 13.1. The van der Waals surface area contributed by atoms with Gasteiger partial charge in [0.15, 0.2) is 0 Å². The van der Waals surface area contributed by atoms with Crippen molar-refractivity contribution in [1.82, 2.24) is 4.98 Å². The number of anilines is 1. The third-order valence-corrected chi connectivity index (χ3v) is 5.91. The number of sulfonamides is 1. The van der Waals surface area contributed by atoms with Crippen LogP contribution >= 0.6 is 0 Å². The molecule has 0 saturated heterocycles. The zero-order valence-electron chi connectivity index (χ0n) is 16.3. The highest BCUT2D eigenvalue weighted by Gasteiger charge is 2.19. The molecule has 6 nitrogen and oxygen atoms in total. The van der Waals surface area contributed by atoms with Crippen LogP contribution in [0, 0.1) is 11.3 Å². The van der Waals surface area contributed by atoms with Crippen LogP contribution < -0.4 is 9.46 Å². The van der Waals surface area contributed by atoms with Crippen molar-refractivity contribution in [2.24, 2.45) is 0 Å². The lowest BCUT2D eigenvalue weighted by atomic mass is 10.1. The number of nitriles is 1. The van der Waals surface area contributed by atoms with E-state index in [-0.39, 0.29) is 10.8 Å². The van der Waals surface area contributed by atoms with Crippen LogP contribution in [-0.2, 0) is 10.0 Å². The summed E-state index contributed by atoms with van der Waals surface area (Å²) in [6.45, 7) is 0. The van der Waals surface area contributed by atoms with Gasteiger partial charge in [0.2, 0.25) is 5.88 Å². The number of hydrogen-bond donors (Lipinski definition) is 1. The number of ether oxygens (including phenoxy) is 1. The van der Waals surface area contributed by atoms with Crippen LogP contribution in [0.5, 0.6) is 11.6 Å². The Hall–Kier alpha value is -4.15. The number of nitrogens with zero attached hydrogens (tertiary/aromatic N) is 2. The van der Waals surface area contributed by atoms with Crippen molar-refractivity contribution in [2.75, 3.05) is 4.72 Å². The third-order valence-electron chi connectivity index (χ3n) is 4.47. The first kappa shape index (κ1) is 20.1. The van der Waals surface area contributed by atoms with Gasteiger partial charge < -0.3 is 4.74 Å². The van der Waals surface area contributed by atoms with Crippen molar-refractivity contribution in [1.29, 1.82) is 5.26 Å². The second-order valence-electron chi connectivity index (χ2n) is 6.56. The predicted molar refractivity (Wildman–Crippen MR) is 118 cm³/mol. The predicted octanol–water partition coefficient (Wildman–Crippen LogP) is 5.21. The van der Waals surface area contributed by atoms with Gasteiger partial charge in [-0.05, 0) is 48.0 Å². The fourth-order valence-corrected chi connectivity index (χ4v) is 4.32. The second-order valence-corrected chi connectivity index (χ2v) is 8.21. The van der Waals surface area contributed by atoms with E-state index in [9.17, 15) is 8.42 Å². The molecule has 7 heteroatoms. The molecule has 0 spiro atoms. The average molecular weight is 427 g/mol. The van der Waals surface area contributed by atoms with E-state index < -0.39 is 10.0 Å². The standard InChI is InChI=1S/C24H17N3O3S/c25-17-19-9-6-16-26-24(19)30-21-14-12-20(13-15-21)27-31(28,29)23-11-5-4-10-22(23)18-7-2-1-3-8-18/h1-16,27H. The minimum atomic E-state index is -3.82. The van der Waals surface area contributed by atoms with E-state index in [1.165, 1.54) is 6.20 Å². The first-order chi connectivity index (χ1) is 15.1. The molecular weight excluding hydrogens is 410 g/mol. The summed E-state index contributed by atoms with van der Waals surface area (Å²) in [5.74, 6) is 0.623. The molecule has 3 aromatic carbocycles. The van der Waals surface area contributed by atoms with E-state index in [0.29, 0.717) is 22.6 Å². The van der Waals surface area contributed by atoms with Gasteiger partial charge in [0.05, 0.1) is 4.90 Å². The van der Waals surface area contributed by atoms with Gasteiger partial charge in [-0.1, -0.05) is 48.5 Å². The molecule has 152 valence electrons. The van der Waals surface area contributed by atoms with Crippen molar-refractivity contribution in [3.05, 3.63) is 103 Å². The van der Waals surface area contributed by atoms with Crippen LogP contribution in [0.4, 0.5) is 5.69 Å². The molecule has 0 saturated carbocycles. The number of benzene rings is 3. The Labute approximate surface area is 180 Å². The van der Waals surface area contributed by atoms with Gasteiger partial charge >= 0.3 is 0 Å². The minimum absolute atomic E-state index is 0.189. The SMILES string of the molecule is N#Cc1cccnc1Oc1ccc(NS(=O)(=O)c2ccccc2-c2ccccc2)cc1. The van der Waals surface area contributed by atoms with E-state index in [1.54, 1.807) is 60.7 Å².